The molecule has 4 nitrogen and oxygen atoms in total. The van der Waals surface area contributed by atoms with Crippen LogP contribution in [0.3, 0.4) is 0 Å². The fourth-order valence-corrected chi connectivity index (χ4v) is 3.92. The van der Waals surface area contributed by atoms with E-state index in [2.05, 4.69) is 54.4 Å². The summed E-state index contributed by atoms with van der Waals surface area (Å²) < 4.78 is 5.42. The number of piperidine rings is 1. The van der Waals surface area contributed by atoms with Gasteiger partial charge in [0.2, 0.25) is 0 Å². The van der Waals surface area contributed by atoms with Crippen LogP contribution < -0.4 is 5.32 Å². The molecule has 0 bridgehead atoms. The highest BCUT2D eigenvalue weighted by Crippen LogP contribution is 2.37. The average molecular weight is 361 g/mol. The van der Waals surface area contributed by atoms with Gasteiger partial charge in [-0.2, -0.15) is 0 Å². The first-order valence-electron chi connectivity index (χ1n) is 9.91. The molecule has 2 rings (SSSR count). The highest BCUT2D eigenvalue weighted by atomic mass is 16.6. The van der Waals surface area contributed by atoms with Crippen LogP contribution in [0.15, 0.2) is 30.3 Å². The number of carbonyl (C=O) groups excluding carboxylic acids is 1. The standard InChI is InChI=1S/C22H36N2O2/c1-18(2)15-22(17-23-20(25)26-21(3,4)5)11-13-24(14-12-22)16-19-9-7-6-8-10-19/h6-10,18H,11-17H2,1-5H3,(H,23,25). The van der Waals surface area contributed by atoms with Crippen molar-refractivity contribution in [2.75, 3.05) is 19.6 Å². The number of alkyl carbamates (subject to hydrolysis) is 1. The number of ether oxygens (including phenoxy) is 1. The van der Waals surface area contributed by atoms with Gasteiger partial charge < -0.3 is 10.1 Å². The van der Waals surface area contributed by atoms with Crippen LogP contribution >= 0.6 is 0 Å². The van der Waals surface area contributed by atoms with Crippen LogP contribution in [0.2, 0.25) is 0 Å². The number of likely N-dealkylation sites (tertiary alicyclic amines) is 1. The van der Waals surface area contributed by atoms with Gasteiger partial charge in [0.1, 0.15) is 5.60 Å². The van der Waals surface area contributed by atoms with E-state index in [-0.39, 0.29) is 11.5 Å². The van der Waals surface area contributed by atoms with Crippen LogP contribution in [0.1, 0.15) is 59.4 Å². The van der Waals surface area contributed by atoms with Gasteiger partial charge in [-0.25, -0.2) is 4.79 Å². The quantitative estimate of drug-likeness (QED) is 0.789. The summed E-state index contributed by atoms with van der Waals surface area (Å²) >= 11 is 0. The smallest absolute Gasteiger partial charge is 0.407 e. The van der Waals surface area contributed by atoms with E-state index in [1.165, 1.54) is 5.56 Å². The molecule has 1 saturated heterocycles. The second-order valence-electron chi connectivity index (χ2n) is 9.22. The van der Waals surface area contributed by atoms with Gasteiger partial charge in [-0.1, -0.05) is 44.2 Å². The monoisotopic (exact) mass is 360 g/mol. The third-order valence-electron chi connectivity index (χ3n) is 5.01. The number of nitrogens with zero attached hydrogens (tertiary/aromatic N) is 1. The summed E-state index contributed by atoms with van der Waals surface area (Å²) in [5.41, 5.74) is 1.10. The van der Waals surface area contributed by atoms with Crippen LogP contribution in [-0.2, 0) is 11.3 Å². The van der Waals surface area contributed by atoms with Gasteiger partial charge in [-0.15, -0.1) is 0 Å². The van der Waals surface area contributed by atoms with Crippen molar-refractivity contribution in [2.24, 2.45) is 11.3 Å². The van der Waals surface area contributed by atoms with Crippen molar-refractivity contribution < 1.29 is 9.53 Å². The molecule has 0 spiro atoms. The Hall–Kier alpha value is -1.55. The summed E-state index contributed by atoms with van der Waals surface area (Å²) in [6.45, 7) is 14.1. The lowest BCUT2D eigenvalue weighted by Gasteiger charge is -2.43. The first kappa shape index (κ1) is 20.8. The number of nitrogens with one attached hydrogen (secondary N) is 1. The maximum Gasteiger partial charge on any atom is 0.407 e. The third kappa shape index (κ3) is 6.99. The topological polar surface area (TPSA) is 41.6 Å². The average Bonchev–Trinajstić information content (AvgIpc) is 2.54. The molecule has 1 amide bonds. The number of amides is 1. The molecule has 0 aliphatic carbocycles. The molecular formula is C22H36N2O2. The van der Waals surface area contributed by atoms with E-state index >= 15 is 0 Å². The Kier molecular flexibility index (Phi) is 7.10. The molecular weight excluding hydrogens is 324 g/mol. The van der Waals surface area contributed by atoms with E-state index in [9.17, 15) is 4.79 Å². The maximum absolute atomic E-state index is 12.1. The minimum absolute atomic E-state index is 0.179. The predicted octanol–water partition coefficient (Wildman–Crippen LogP) is 4.84. The Balaban J connectivity index is 1.90. The van der Waals surface area contributed by atoms with Crippen molar-refractivity contribution >= 4 is 6.09 Å². The molecule has 0 radical (unpaired) electrons. The van der Waals surface area contributed by atoms with E-state index in [4.69, 9.17) is 4.74 Å². The van der Waals surface area contributed by atoms with E-state index in [0.29, 0.717) is 12.5 Å². The number of hydrogen-bond acceptors (Lipinski definition) is 3. The van der Waals surface area contributed by atoms with Crippen LogP contribution in [0.4, 0.5) is 4.79 Å². The van der Waals surface area contributed by atoms with Crippen LogP contribution in [0.5, 0.6) is 0 Å². The molecule has 0 aromatic heterocycles. The normalized spacial score (nSPS) is 17.9. The minimum Gasteiger partial charge on any atom is -0.444 e. The lowest BCUT2D eigenvalue weighted by Crippen LogP contribution is -2.47. The summed E-state index contributed by atoms with van der Waals surface area (Å²) in [6, 6.07) is 10.7. The van der Waals surface area contributed by atoms with Crippen molar-refractivity contribution in [3.8, 4) is 0 Å². The van der Waals surface area contributed by atoms with Crippen molar-refractivity contribution in [3.63, 3.8) is 0 Å². The zero-order chi connectivity index (χ0) is 19.2. The Morgan fingerprint density at radius 1 is 1.19 bits per heavy atom. The molecule has 1 aliphatic rings. The van der Waals surface area contributed by atoms with Crippen LogP contribution in [-0.4, -0.2) is 36.2 Å². The Morgan fingerprint density at radius 2 is 1.81 bits per heavy atom. The molecule has 1 aromatic carbocycles. The summed E-state index contributed by atoms with van der Waals surface area (Å²) in [4.78, 5) is 14.6. The highest BCUT2D eigenvalue weighted by Gasteiger charge is 2.35. The molecule has 0 atom stereocenters. The summed E-state index contributed by atoms with van der Waals surface area (Å²) in [5, 5.41) is 3.04. The minimum atomic E-state index is -0.450. The second kappa shape index (κ2) is 8.90. The molecule has 26 heavy (non-hydrogen) atoms. The van der Waals surface area contributed by atoms with Crippen molar-refractivity contribution in [1.82, 2.24) is 10.2 Å². The summed E-state index contributed by atoms with van der Waals surface area (Å²) in [5.74, 6) is 0.621. The van der Waals surface area contributed by atoms with Crippen LogP contribution in [0.25, 0.3) is 0 Å². The van der Waals surface area contributed by atoms with E-state index in [1.54, 1.807) is 0 Å². The Labute approximate surface area is 159 Å². The fraction of sp³-hybridized carbons (Fsp3) is 0.682. The van der Waals surface area contributed by atoms with Gasteiger partial charge in [0, 0.05) is 13.1 Å². The molecule has 0 saturated carbocycles. The number of carbonyl (C=O) groups is 1. The van der Waals surface area contributed by atoms with Gasteiger partial charge in [-0.05, 0) is 70.0 Å². The van der Waals surface area contributed by atoms with Gasteiger partial charge >= 0.3 is 6.09 Å². The molecule has 1 N–H and O–H groups in total. The highest BCUT2D eigenvalue weighted by molar-refractivity contribution is 5.67. The zero-order valence-corrected chi connectivity index (χ0v) is 17.2. The third-order valence-corrected chi connectivity index (χ3v) is 5.01. The molecule has 1 aromatic rings. The molecule has 1 aliphatic heterocycles. The van der Waals surface area contributed by atoms with Crippen molar-refractivity contribution in [1.29, 1.82) is 0 Å². The number of rotatable bonds is 6. The molecule has 4 heteroatoms. The Morgan fingerprint density at radius 3 is 2.35 bits per heavy atom. The number of hydrogen-bond donors (Lipinski definition) is 1. The summed E-state index contributed by atoms with van der Waals surface area (Å²) in [7, 11) is 0. The molecule has 0 unspecified atom stereocenters. The van der Waals surface area contributed by atoms with Crippen molar-refractivity contribution in [2.45, 2.75) is 66.0 Å². The molecule has 146 valence electrons. The van der Waals surface area contributed by atoms with Crippen molar-refractivity contribution in [3.05, 3.63) is 35.9 Å². The molecule has 1 fully saturated rings. The van der Waals surface area contributed by atoms with Gasteiger partial charge in [-0.3, -0.25) is 4.90 Å². The first-order valence-corrected chi connectivity index (χ1v) is 9.91. The van der Waals surface area contributed by atoms with Gasteiger partial charge in [0.05, 0.1) is 0 Å². The lowest BCUT2D eigenvalue weighted by molar-refractivity contribution is 0.0411. The fourth-order valence-electron chi connectivity index (χ4n) is 3.92. The van der Waals surface area contributed by atoms with Gasteiger partial charge in [0.25, 0.3) is 0 Å². The SMILES string of the molecule is CC(C)CC1(CNC(=O)OC(C)(C)C)CCN(Cc2ccccc2)CC1. The Bertz CT molecular complexity index is 555. The lowest BCUT2D eigenvalue weighted by atomic mass is 9.72. The first-order chi connectivity index (χ1) is 12.2. The maximum atomic E-state index is 12.1. The second-order valence-corrected chi connectivity index (χ2v) is 9.22. The predicted molar refractivity (Wildman–Crippen MR) is 107 cm³/mol. The van der Waals surface area contributed by atoms with E-state index < -0.39 is 5.60 Å². The molecule has 1 heterocycles. The van der Waals surface area contributed by atoms with E-state index in [0.717, 1.165) is 38.9 Å². The largest absolute Gasteiger partial charge is 0.444 e. The van der Waals surface area contributed by atoms with E-state index in [1.807, 2.05) is 20.8 Å². The van der Waals surface area contributed by atoms with Crippen LogP contribution in [0, 0.1) is 11.3 Å². The zero-order valence-electron chi connectivity index (χ0n) is 17.2. The summed E-state index contributed by atoms with van der Waals surface area (Å²) in [6.07, 6.45) is 3.08. The number of benzene rings is 1. The van der Waals surface area contributed by atoms with Gasteiger partial charge in [0.15, 0.2) is 0 Å².